The third kappa shape index (κ3) is 3.76. The number of piperidine rings is 1. The highest BCUT2D eigenvalue weighted by molar-refractivity contribution is 5.73. The van der Waals surface area contributed by atoms with Gasteiger partial charge in [0, 0.05) is 13.2 Å². The van der Waals surface area contributed by atoms with Crippen LogP contribution in [0.2, 0.25) is 0 Å². The molecular weight excluding hydrogens is 206 g/mol. The number of carboxylic acids is 1. The van der Waals surface area contributed by atoms with Crippen LogP contribution in [0.25, 0.3) is 0 Å². The molecule has 16 heavy (non-hydrogen) atoms. The highest BCUT2D eigenvalue weighted by Gasteiger charge is 2.28. The quantitative estimate of drug-likeness (QED) is 0.751. The van der Waals surface area contributed by atoms with Crippen LogP contribution in [0.5, 0.6) is 0 Å². The Morgan fingerprint density at radius 3 is 2.88 bits per heavy atom. The van der Waals surface area contributed by atoms with Crippen molar-refractivity contribution >= 4 is 5.97 Å². The fourth-order valence-corrected chi connectivity index (χ4v) is 2.39. The van der Waals surface area contributed by atoms with Crippen molar-refractivity contribution in [1.82, 2.24) is 4.90 Å². The molecule has 0 spiro atoms. The first-order valence-electron chi connectivity index (χ1n) is 6.23. The summed E-state index contributed by atoms with van der Waals surface area (Å²) < 4.78 is 5.42. The predicted molar refractivity (Wildman–Crippen MR) is 62.5 cm³/mol. The lowest BCUT2D eigenvalue weighted by molar-refractivity contribution is -0.144. The van der Waals surface area contributed by atoms with Gasteiger partial charge in [-0.05, 0) is 38.6 Å². The Labute approximate surface area is 97.6 Å². The molecule has 1 rings (SSSR count). The van der Waals surface area contributed by atoms with Gasteiger partial charge in [-0.1, -0.05) is 6.92 Å². The normalized spacial score (nSPS) is 24.2. The second-order valence-electron chi connectivity index (χ2n) is 4.42. The van der Waals surface area contributed by atoms with Crippen molar-refractivity contribution in [3.05, 3.63) is 0 Å². The minimum absolute atomic E-state index is 0.315. The molecule has 4 nitrogen and oxygen atoms in total. The van der Waals surface area contributed by atoms with Crippen molar-refractivity contribution < 1.29 is 14.6 Å². The second kappa shape index (κ2) is 6.86. The van der Waals surface area contributed by atoms with E-state index in [0.717, 1.165) is 39.1 Å². The monoisotopic (exact) mass is 229 g/mol. The lowest BCUT2D eigenvalue weighted by Gasteiger charge is -2.35. The third-order valence-corrected chi connectivity index (χ3v) is 3.22. The maximum absolute atomic E-state index is 11.1. The molecule has 4 heteroatoms. The van der Waals surface area contributed by atoms with Crippen LogP contribution >= 0.6 is 0 Å². The number of hydrogen-bond donors (Lipinski definition) is 1. The number of aliphatic carboxylic acids is 1. The van der Waals surface area contributed by atoms with Crippen LogP contribution in [-0.4, -0.2) is 48.3 Å². The first kappa shape index (κ1) is 13.5. The van der Waals surface area contributed by atoms with E-state index in [-0.39, 0.29) is 6.04 Å². The molecule has 0 aromatic rings. The van der Waals surface area contributed by atoms with Gasteiger partial charge in [0.1, 0.15) is 6.04 Å². The molecule has 1 heterocycles. The average Bonchev–Trinajstić information content (AvgIpc) is 2.27. The van der Waals surface area contributed by atoms with Gasteiger partial charge in [0.2, 0.25) is 0 Å². The summed E-state index contributed by atoms with van der Waals surface area (Å²) in [4.78, 5) is 13.2. The third-order valence-electron chi connectivity index (χ3n) is 3.22. The summed E-state index contributed by atoms with van der Waals surface area (Å²) in [6, 6.07) is -0.315. The van der Waals surface area contributed by atoms with E-state index in [4.69, 9.17) is 9.84 Å². The Balaban J connectivity index is 2.45. The largest absolute Gasteiger partial charge is 0.480 e. The van der Waals surface area contributed by atoms with Crippen LogP contribution in [0.4, 0.5) is 0 Å². The molecule has 2 atom stereocenters. The summed E-state index contributed by atoms with van der Waals surface area (Å²) in [6.07, 6.45) is 2.92. The van der Waals surface area contributed by atoms with Gasteiger partial charge in [-0.2, -0.15) is 0 Å². The molecule has 94 valence electrons. The van der Waals surface area contributed by atoms with Crippen molar-refractivity contribution in [2.24, 2.45) is 5.92 Å². The minimum Gasteiger partial charge on any atom is -0.480 e. The number of ether oxygens (including phenoxy) is 1. The Kier molecular flexibility index (Phi) is 5.77. The van der Waals surface area contributed by atoms with Gasteiger partial charge >= 0.3 is 5.97 Å². The molecule has 0 aliphatic carbocycles. The molecule has 0 saturated carbocycles. The van der Waals surface area contributed by atoms with Gasteiger partial charge in [0.25, 0.3) is 0 Å². The number of carboxylic acid groups (broad SMARTS) is 1. The maximum Gasteiger partial charge on any atom is 0.320 e. The number of carbonyl (C=O) groups is 1. The summed E-state index contributed by atoms with van der Waals surface area (Å²) in [5.41, 5.74) is 0. The molecule has 1 saturated heterocycles. The molecule has 0 radical (unpaired) electrons. The van der Waals surface area contributed by atoms with E-state index in [2.05, 4.69) is 4.90 Å². The number of rotatable bonds is 6. The zero-order valence-electron chi connectivity index (χ0n) is 10.3. The molecular formula is C12H23NO3. The molecule has 1 aliphatic rings. The first-order valence-corrected chi connectivity index (χ1v) is 6.23. The van der Waals surface area contributed by atoms with Crippen LogP contribution in [-0.2, 0) is 9.53 Å². The Bertz CT molecular complexity index is 220. The zero-order valence-corrected chi connectivity index (χ0v) is 10.3. The van der Waals surface area contributed by atoms with Gasteiger partial charge < -0.3 is 9.84 Å². The van der Waals surface area contributed by atoms with Crippen LogP contribution in [0, 0.1) is 5.92 Å². The fourth-order valence-electron chi connectivity index (χ4n) is 2.39. The standard InChI is InChI=1S/C12H23NO3/c1-3-11(12(14)15)13-7-5-6-10(8-13)9-16-4-2/h10-11H,3-9H2,1-2H3,(H,14,15)/t10-,11+/m0/s1. The zero-order chi connectivity index (χ0) is 12.0. The highest BCUT2D eigenvalue weighted by atomic mass is 16.5. The lowest BCUT2D eigenvalue weighted by atomic mass is 9.97. The molecule has 0 aromatic carbocycles. The fraction of sp³-hybridized carbons (Fsp3) is 0.917. The van der Waals surface area contributed by atoms with Gasteiger partial charge in [-0.3, -0.25) is 9.69 Å². The van der Waals surface area contributed by atoms with Gasteiger partial charge in [-0.25, -0.2) is 0 Å². The van der Waals surface area contributed by atoms with Crippen molar-refractivity contribution in [3.8, 4) is 0 Å². The average molecular weight is 229 g/mol. The van der Waals surface area contributed by atoms with Crippen LogP contribution < -0.4 is 0 Å². The summed E-state index contributed by atoms with van der Waals surface area (Å²) in [5, 5.41) is 9.11. The number of nitrogens with zero attached hydrogens (tertiary/aromatic N) is 1. The molecule has 1 N–H and O–H groups in total. The highest BCUT2D eigenvalue weighted by Crippen LogP contribution is 2.20. The van der Waals surface area contributed by atoms with Crippen molar-refractivity contribution in [3.63, 3.8) is 0 Å². The molecule has 0 unspecified atom stereocenters. The smallest absolute Gasteiger partial charge is 0.320 e. The van der Waals surface area contributed by atoms with Crippen molar-refractivity contribution in [2.45, 2.75) is 39.2 Å². The molecule has 1 fully saturated rings. The summed E-state index contributed by atoms with van der Waals surface area (Å²) in [6.45, 7) is 7.21. The van der Waals surface area contributed by atoms with Gasteiger partial charge in [0.15, 0.2) is 0 Å². The Hall–Kier alpha value is -0.610. The van der Waals surface area contributed by atoms with E-state index in [1.54, 1.807) is 0 Å². The topological polar surface area (TPSA) is 49.8 Å². The van der Waals surface area contributed by atoms with Crippen LogP contribution in [0.1, 0.15) is 33.1 Å². The Morgan fingerprint density at radius 1 is 1.56 bits per heavy atom. The van der Waals surface area contributed by atoms with E-state index >= 15 is 0 Å². The van der Waals surface area contributed by atoms with E-state index in [1.165, 1.54) is 0 Å². The molecule has 1 aliphatic heterocycles. The van der Waals surface area contributed by atoms with E-state index in [1.807, 2.05) is 13.8 Å². The predicted octanol–water partition coefficient (Wildman–Crippen LogP) is 1.60. The SMILES string of the molecule is CCOC[C@H]1CCCN([C@H](CC)C(=O)O)C1. The first-order chi connectivity index (χ1) is 7.69. The van der Waals surface area contributed by atoms with Crippen molar-refractivity contribution in [1.29, 1.82) is 0 Å². The van der Waals surface area contributed by atoms with Crippen LogP contribution in [0.15, 0.2) is 0 Å². The summed E-state index contributed by atoms with van der Waals surface area (Å²) in [5.74, 6) is -0.193. The van der Waals surface area contributed by atoms with E-state index < -0.39 is 5.97 Å². The second-order valence-corrected chi connectivity index (χ2v) is 4.42. The molecule has 0 bridgehead atoms. The number of likely N-dealkylation sites (tertiary alicyclic amines) is 1. The van der Waals surface area contributed by atoms with Crippen molar-refractivity contribution in [2.75, 3.05) is 26.3 Å². The number of hydrogen-bond acceptors (Lipinski definition) is 3. The summed E-state index contributed by atoms with van der Waals surface area (Å²) >= 11 is 0. The molecule has 0 amide bonds. The van der Waals surface area contributed by atoms with Gasteiger partial charge in [-0.15, -0.1) is 0 Å². The van der Waals surface area contributed by atoms with Crippen LogP contribution in [0.3, 0.4) is 0 Å². The van der Waals surface area contributed by atoms with E-state index in [9.17, 15) is 4.79 Å². The maximum atomic E-state index is 11.1. The molecule has 0 aromatic heterocycles. The lowest BCUT2D eigenvalue weighted by Crippen LogP contribution is -2.47. The van der Waals surface area contributed by atoms with E-state index in [0.29, 0.717) is 12.3 Å². The Morgan fingerprint density at radius 2 is 2.31 bits per heavy atom. The minimum atomic E-state index is -0.695. The summed E-state index contributed by atoms with van der Waals surface area (Å²) in [7, 11) is 0. The van der Waals surface area contributed by atoms with Gasteiger partial charge in [0.05, 0.1) is 6.61 Å².